The first-order valence-electron chi connectivity index (χ1n) is 9.85. The van der Waals surface area contributed by atoms with Crippen LogP contribution in [0.4, 0.5) is 10.5 Å². The van der Waals surface area contributed by atoms with Crippen LogP contribution in [0.15, 0.2) is 66.4 Å². The zero-order valence-corrected chi connectivity index (χ0v) is 17.5. The number of imide groups is 1. The maximum atomic E-state index is 12.8. The number of anilines is 1. The second-order valence-electron chi connectivity index (χ2n) is 7.03. The van der Waals surface area contributed by atoms with Gasteiger partial charge in [-0.05, 0) is 35.2 Å². The van der Waals surface area contributed by atoms with Gasteiger partial charge in [0, 0.05) is 5.39 Å². The largest absolute Gasteiger partial charge is 0.496 e. The molecule has 162 valence electrons. The lowest BCUT2D eigenvalue weighted by Crippen LogP contribution is -2.38. The van der Waals surface area contributed by atoms with Gasteiger partial charge in [-0.2, -0.15) is 0 Å². The van der Waals surface area contributed by atoms with E-state index in [1.807, 2.05) is 30.3 Å². The molecule has 4 rings (SSSR count). The molecule has 3 aromatic rings. The summed E-state index contributed by atoms with van der Waals surface area (Å²) in [5.41, 5.74) is 1.29. The molecule has 1 heterocycles. The molecule has 1 aliphatic rings. The van der Waals surface area contributed by atoms with E-state index < -0.39 is 24.4 Å². The topological polar surface area (TPSA) is 97.0 Å². The van der Waals surface area contributed by atoms with Gasteiger partial charge >= 0.3 is 6.03 Å². The van der Waals surface area contributed by atoms with Gasteiger partial charge in [0.2, 0.25) is 5.91 Å². The molecule has 1 saturated heterocycles. The zero-order valence-electron chi connectivity index (χ0n) is 17.5. The Hall–Kier alpha value is -4.33. The Morgan fingerprint density at radius 2 is 1.62 bits per heavy atom. The second-order valence-corrected chi connectivity index (χ2v) is 7.03. The van der Waals surface area contributed by atoms with Crippen molar-refractivity contribution in [2.45, 2.75) is 0 Å². The molecule has 32 heavy (non-hydrogen) atoms. The lowest BCUT2D eigenvalue weighted by molar-refractivity contribution is -0.127. The average molecular weight is 431 g/mol. The minimum Gasteiger partial charge on any atom is -0.496 e. The highest BCUT2D eigenvalue weighted by molar-refractivity contribution is 6.16. The third kappa shape index (κ3) is 3.98. The van der Waals surface area contributed by atoms with E-state index in [9.17, 15) is 14.4 Å². The smallest absolute Gasteiger partial charge is 0.329 e. The fourth-order valence-electron chi connectivity index (χ4n) is 3.55. The summed E-state index contributed by atoms with van der Waals surface area (Å²) in [6.45, 7) is -0.427. The highest BCUT2D eigenvalue weighted by Gasteiger charge is 2.35. The number of rotatable bonds is 6. The van der Waals surface area contributed by atoms with Crippen LogP contribution in [-0.2, 0) is 9.59 Å². The van der Waals surface area contributed by atoms with E-state index >= 15 is 0 Å². The van der Waals surface area contributed by atoms with Crippen molar-refractivity contribution in [1.82, 2.24) is 10.2 Å². The van der Waals surface area contributed by atoms with E-state index in [1.165, 1.54) is 7.11 Å². The van der Waals surface area contributed by atoms with Crippen LogP contribution >= 0.6 is 0 Å². The molecule has 8 heteroatoms. The molecular weight excluding hydrogens is 410 g/mol. The van der Waals surface area contributed by atoms with Gasteiger partial charge in [0.1, 0.15) is 23.7 Å². The van der Waals surface area contributed by atoms with Gasteiger partial charge in [-0.3, -0.25) is 9.59 Å². The van der Waals surface area contributed by atoms with Crippen molar-refractivity contribution in [3.63, 3.8) is 0 Å². The summed E-state index contributed by atoms with van der Waals surface area (Å²) in [5, 5.41) is 6.96. The maximum Gasteiger partial charge on any atom is 0.329 e. The first-order chi connectivity index (χ1) is 15.5. The number of nitrogens with zero attached hydrogens (tertiary/aromatic N) is 1. The van der Waals surface area contributed by atoms with E-state index in [1.54, 1.807) is 43.5 Å². The summed E-state index contributed by atoms with van der Waals surface area (Å²) >= 11 is 0. The average Bonchev–Trinajstić information content (AvgIpc) is 3.07. The molecule has 8 nitrogen and oxygen atoms in total. The van der Waals surface area contributed by atoms with Crippen molar-refractivity contribution in [3.8, 4) is 11.5 Å². The number of para-hydroxylation sites is 2. The number of carbonyl (C=O) groups excluding carboxylic acids is 3. The lowest BCUT2D eigenvalue weighted by atomic mass is 10.0. The second kappa shape index (κ2) is 8.81. The molecule has 1 aliphatic heterocycles. The van der Waals surface area contributed by atoms with Crippen LogP contribution in [0.5, 0.6) is 11.5 Å². The number of hydrogen-bond acceptors (Lipinski definition) is 5. The van der Waals surface area contributed by atoms with Gasteiger partial charge in [0.25, 0.3) is 5.91 Å². The van der Waals surface area contributed by atoms with Gasteiger partial charge < -0.3 is 20.1 Å². The first kappa shape index (κ1) is 20.9. The van der Waals surface area contributed by atoms with Crippen LogP contribution in [-0.4, -0.2) is 43.5 Å². The van der Waals surface area contributed by atoms with Gasteiger partial charge in [0.15, 0.2) is 0 Å². The molecule has 3 aromatic carbocycles. The molecular formula is C24H21N3O5. The van der Waals surface area contributed by atoms with Crippen molar-refractivity contribution >= 4 is 40.4 Å². The number of nitrogens with one attached hydrogen (secondary N) is 2. The maximum absolute atomic E-state index is 12.8. The molecule has 0 aromatic heterocycles. The monoisotopic (exact) mass is 431 g/mol. The molecule has 1 fully saturated rings. The molecule has 0 unspecified atom stereocenters. The van der Waals surface area contributed by atoms with Crippen molar-refractivity contribution in [2.24, 2.45) is 0 Å². The fourth-order valence-corrected chi connectivity index (χ4v) is 3.55. The predicted octanol–water partition coefficient (Wildman–Crippen LogP) is 3.39. The normalized spacial score (nSPS) is 14.6. The number of methoxy groups -OCH3 is 2. The summed E-state index contributed by atoms with van der Waals surface area (Å²) < 4.78 is 10.6. The number of fused-ring (bicyclic) bond motifs is 1. The van der Waals surface area contributed by atoms with E-state index in [4.69, 9.17) is 9.47 Å². The molecule has 0 aliphatic carbocycles. The van der Waals surface area contributed by atoms with E-state index in [2.05, 4.69) is 10.6 Å². The summed E-state index contributed by atoms with van der Waals surface area (Å²) in [4.78, 5) is 38.6. The molecule has 2 N–H and O–H groups in total. The molecule has 0 bridgehead atoms. The standard InChI is InChI=1S/C24H21N3O5/c1-31-20-12-11-15(16-7-3-4-8-17(16)20)13-19-23(29)27(24(30)26-19)14-22(28)25-18-9-5-6-10-21(18)32-2/h3-13H,14H2,1-2H3,(H,25,28)(H,26,30)/b19-13+. The van der Waals surface area contributed by atoms with Crippen molar-refractivity contribution in [1.29, 1.82) is 0 Å². The fraction of sp³-hybridized carbons (Fsp3) is 0.125. The lowest BCUT2D eigenvalue weighted by Gasteiger charge is -2.13. The Balaban J connectivity index is 1.55. The van der Waals surface area contributed by atoms with Gasteiger partial charge in [-0.15, -0.1) is 0 Å². The Bertz CT molecular complexity index is 1250. The number of hydrogen-bond donors (Lipinski definition) is 2. The van der Waals surface area contributed by atoms with E-state index in [-0.39, 0.29) is 5.70 Å². The summed E-state index contributed by atoms with van der Waals surface area (Å²) in [5.74, 6) is 0.0865. The first-order valence-corrected chi connectivity index (χ1v) is 9.85. The minimum atomic E-state index is -0.658. The number of ether oxygens (including phenoxy) is 2. The molecule has 0 atom stereocenters. The highest BCUT2D eigenvalue weighted by Crippen LogP contribution is 2.30. The third-order valence-corrected chi connectivity index (χ3v) is 5.08. The summed E-state index contributed by atoms with van der Waals surface area (Å²) in [6.07, 6.45) is 1.60. The SMILES string of the molecule is COc1ccccc1NC(=O)CN1C(=O)N/C(=C/c2ccc(OC)c3ccccc23)C1=O. The highest BCUT2D eigenvalue weighted by atomic mass is 16.5. The Labute approximate surface area is 184 Å². The van der Waals surface area contributed by atoms with Crippen LogP contribution < -0.4 is 20.1 Å². The number of carbonyl (C=O) groups is 3. The Morgan fingerprint density at radius 3 is 2.38 bits per heavy atom. The van der Waals surface area contributed by atoms with Crippen LogP contribution in [0.1, 0.15) is 5.56 Å². The minimum absolute atomic E-state index is 0.0930. The van der Waals surface area contributed by atoms with E-state index in [0.717, 1.165) is 21.2 Å². The number of benzene rings is 3. The van der Waals surface area contributed by atoms with Crippen molar-refractivity contribution in [3.05, 3.63) is 71.9 Å². The third-order valence-electron chi connectivity index (χ3n) is 5.08. The summed E-state index contributed by atoms with van der Waals surface area (Å²) in [7, 11) is 3.08. The quantitative estimate of drug-likeness (QED) is 0.461. The Morgan fingerprint density at radius 1 is 0.938 bits per heavy atom. The van der Waals surface area contributed by atoms with Gasteiger partial charge in [-0.1, -0.05) is 42.5 Å². The molecule has 0 spiro atoms. The van der Waals surface area contributed by atoms with Crippen LogP contribution in [0.25, 0.3) is 16.8 Å². The predicted molar refractivity (Wildman–Crippen MR) is 120 cm³/mol. The zero-order chi connectivity index (χ0) is 22.7. The van der Waals surface area contributed by atoms with Crippen LogP contribution in [0.3, 0.4) is 0 Å². The molecule has 4 amide bonds. The Kier molecular flexibility index (Phi) is 5.76. The number of amides is 4. The van der Waals surface area contributed by atoms with Crippen molar-refractivity contribution in [2.75, 3.05) is 26.1 Å². The van der Waals surface area contributed by atoms with Crippen LogP contribution in [0, 0.1) is 0 Å². The van der Waals surface area contributed by atoms with Gasteiger partial charge in [-0.25, -0.2) is 9.69 Å². The van der Waals surface area contributed by atoms with Crippen molar-refractivity contribution < 1.29 is 23.9 Å². The summed E-state index contributed by atoms with van der Waals surface area (Å²) in [6, 6.07) is 17.4. The molecule has 0 radical (unpaired) electrons. The van der Waals surface area contributed by atoms with Gasteiger partial charge in [0.05, 0.1) is 19.9 Å². The number of urea groups is 1. The van der Waals surface area contributed by atoms with Crippen LogP contribution in [0.2, 0.25) is 0 Å². The molecule has 0 saturated carbocycles. The van der Waals surface area contributed by atoms with E-state index in [0.29, 0.717) is 17.2 Å².